The van der Waals surface area contributed by atoms with Crippen molar-refractivity contribution in [3.8, 4) is 0 Å². The molecule has 118 valence electrons. The Bertz CT molecular complexity index is 468. The molecule has 2 rings (SSSR count). The van der Waals surface area contributed by atoms with Crippen molar-refractivity contribution in [3.05, 3.63) is 28.8 Å². The minimum absolute atomic E-state index is 0.134. The first-order valence-corrected chi connectivity index (χ1v) is 7.61. The van der Waals surface area contributed by atoms with Crippen LogP contribution in [0.25, 0.3) is 0 Å². The summed E-state index contributed by atoms with van der Waals surface area (Å²) in [5, 5.41) is 3.85. The van der Waals surface area contributed by atoms with Crippen LogP contribution < -0.4 is 10.2 Å². The van der Waals surface area contributed by atoms with Crippen molar-refractivity contribution in [2.45, 2.75) is 32.5 Å². The second-order valence-corrected chi connectivity index (χ2v) is 5.74. The smallest absolute Gasteiger partial charge is 0.370 e. The number of para-hydroxylation sites is 1. The number of hydrogen-bond donors (Lipinski definition) is 1. The molecule has 1 aliphatic rings. The Morgan fingerprint density at radius 1 is 1.29 bits per heavy atom. The fraction of sp³-hybridized carbons (Fsp3) is 0.600. The van der Waals surface area contributed by atoms with Crippen LogP contribution in [0.1, 0.15) is 25.3 Å². The fourth-order valence-corrected chi connectivity index (χ4v) is 3.06. The summed E-state index contributed by atoms with van der Waals surface area (Å²) in [6.45, 7) is 4.31. The van der Waals surface area contributed by atoms with Gasteiger partial charge in [-0.05, 0) is 31.0 Å². The Morgan fingerprint density at radius 2 is 1.95 bits per heavy atom. The van der Waals surface area contributed by atoms with Gasteiger partial charge in [-0.2, -0.15) is 13.2 Å². The second kappa shape index (κ2) is 6.88. The third kappa shape index (κ3) is 4.04. The largest absolute Gasteiger partial charge is 0.391 e. The van der Waals surface area contributed by atoms with Crippen LogP contribution in [0.2, 0.25) is 5.02 Å². The zero-order valence-electron chi connectivity index (χ0n) is 12.0. The Balaban J connectivity index is 2.12. The molecule has 1 aromatic carbocycles. The van der Waals surface area contributed by atoms with Crippen LogP contribution in [0.3, 0.4) is 0 Å². The summed E-state index contributed by atoms with van der Waals surface area (Å²) in [7, 11) is 0. The van der Waals surface area contributed by atoms with Crippen molar-refractivity contribution >= 4 is 17.3 Å². The van der Waals surface area contributed by atoms with Gasteiger partial charge in [0.25, 0.3) is 0 Å². The quantitative estimate of drug-likeness (QED) is 0.893. The maximum atomic E-state index is 12.7. The number of rotatable bonds is 4. The van der Waals surface area contributed by atoms with Crippen molar-refractivity contribution in [1.82, 2.24) is 5.32 Å². The molecule has 1 aromatic rings. The van der Waals surface area contributed by atoms with Gasteiger partial charge in [-0.1, -0.05) is 30.7 Å². The topological polar surface area (TPSA) is 15.3 Å². The molecule has 1 heterocycles. The number of halogens is 4. The van der Waals surface area contributed by atoms with Gasteiger partial charge in [0, 0.05) is 19.6 Å². The normalized spacial score (nSPS) is 17.3. The SMILES string of the molecule is CCNCc1cccc(Cl)c1N1CCC(C(F)(F)F)CC1. The fourth-order valence-electron chi connectivity index (χ4n) is 2.75. The molecule has 6 heteroatoms. The van der Waals surface area contributed by atoms with Gasteiger partial charge in [0.2, 0.25) is 0 Å². The van der Waals surface area contributed by atoms with Crippen LogP contribution in [0.5, 0.6) is 0 Å². The predicted octanol–water partition coefficient (Wildman–Crippen LogP) is 4.23. The molecule has 21 heavy (non-hydrogen) atoms. The zero-order valence-corrected chi connectivity index (χ0v) is 12.8. The second-order valence-electron chi connectivity index (χ2n) is 5.33. The molecule has 0 unspecified atom stereocenters. The number of benzene rings is 1. The molecule has 1 N–H and O–H groups in total. The van der Waals surface area contributed by atoms with Crippen molar-refractivity contribution in [3.63, 3.8) is 0 Å². The Hall–Kier alpha value is -0.940. The van der Waals surface area contributed by atoms with Crippen molar-refractivity contribution in [2.75, 3.05) is 24.5 Å². The molecule has 2 nitrogen and oxygen atoms in total. The number of anilines is 1. The minimum Gasteiger partial charge on any atom is -0.370 e. The maximum absolute atomic E-state index is 12.7. The van der Waals surface area contributed by atoms with E-state index in [-0.39, 0.29) is 12.8 Å². The Labute approximate surface area is 128 Å². The summed E-state index contributed by atoms with van der Waals surface area (Å²) in [5.41, 5.74) is 1.91. The highest BCUT2D eigenvalue weighted by Gasteiger charge is 2.41. The molecule has 1 saturated heterocycles. The molecule has 0 atom stereocenters. The van der Waals surface area contributed by atoms with E-state index in [1.165, 1.54) is 0 Å². The molecule has 1 fully saturated rings. The number of piperidine rings is 1. The van der Waals surface area contributed by atoms with Crippen molar-refractivity contribution < 1.29 is 13.2 Å². The lowest BCUT2D eigenvalue weighted by Gasteiger charge is -2.36. The highest BCUT2D eigenvalue weighted by atomic mass is 35.5. The highest BCUT2D eigenvalue weighted by molar-refractivity contribution is 6.33. The number of nitrogens with one attached hydrogen (secondary N) is 1. The average molecular weight is 321 g/mol. The third-order valence-electron chi connectivity index (χ3n) is 3.91. The van der Waals surface area contributed by atoms with Gasteiger partial charge < -0.3 is 10.2 Å². The summed E-state index contributed by atoms with van der Waals surface area (Å²) >= 11 is 6.28. The highest BCUT2D eigenvalue weighted by Crippen LogP contribution is 2.38. The predicted molar refractivity (Wildman–Crippen MR) is 79.8 cm³/mol. The van der Waals surface area contributed by atoms with Gasteiger partial charge >= 0.3 is 6.18 Å². The lowest BCUT2D eigenvalue weighted by molar-refractivity contribution is -0.179. The van der Waals surface area contributed by atoms with E-state index in [2.05, 4.69) is 5.32 Å². The van der Waals surface area contributed by atoms with Crippen LogP contribution >= 0.6 is 11.6 Å². The third-order valence-corrected chi connectivity index (χ3v) is 4.21. The maximum Gasteiger partial charge on any atom is 0.391 e. The molecule has 0 spiro atoms. The lowest BCUT2D eigenvalue weighted by Crippen LogP contribution is -2.39. The van der Waals surface area contributed by atoms with Crippen molar-refractivity contribution in [1.29, 1.82) is 0 Å². The first-order valence-electron chi connectivity index (χ1n) is 7.23. The van der Waals surface area contributed by atoms with Gasteiger partial charge in [0.05, 0.1) is 16.6 Å². The van der Waals surface area contributed by atoms with E-state index >= 15 is 0 Å². The van der Waals surface area contributed by atoms with E-state index in [4.69, 9.17) is 11.6 Å². The first-order chi connectivity index (χ1) is 9.93. The summed E-state index contributed by atoms with van der Waals surface area (Å²) in [6.07, 6.45) is -3.82. The van der Waals surface area contributed by atoms with Crippen LogP contribution in [0, 0.1) is 5.92 Å². The number of nitrogens with zero attached hydrogens (tertiary/aromatic N) is 1. The Morgan fingerprint density at radius 3 is 2.52 bits per heavy atom. The summed E-state index contributed by atoms with van der Waals surface area (Å²) in [6, 6.07) is 5.64. The van der Waals surface area contributed by atoms with Crippen LogP contribution in [-0.4, -0.2) is 25.8 Å². The molecule has 0 amide bonds. The first kappa shape index (κ1) is 16.4. The van der Waals surface area contributed by atoms with Gasteiger partial charge in [-0.3, -0.25) is 0 Å². The molecule has 0 saturated carbocycles. The molecule has 1 aliphatic heterocycles. The van der Waals surface area contributed by atoms with E-state index in [0.717, 1.165) is 17.8 Å². The van der Waals surface area contributed by atoms with Crippen LogP contribution in [0.4, 0.5) is 18.9 Å². The number of hydrogen-bond acceptors (Lipinski definition) is 2. The van der Waals surface area contributed by atoms with Crippen molar-refractivity contribution in [2.24, 2.45) is 5.92 Å². The average Bonchev–Trinajstić information content (AvgIpc) is 2.44. The molecule has 0 bridgehead atoms. The monoisotopic (exact) mass is 320 g/mol. The summed E-state index contributed by atoms with van der Waals surface area (Å²) in [4.78, 5) is 1.98. The van der Waals surface area contributed by atoms with Gasteiger partial charge in [-0.25, -0.2) is 0 Å². The molecule has 0 aromatic heterocycles. The zero-order chi connectivity index (χ0) is 15.5. The number of alkyl halides is 3. The van der Waals surface area contributed by atoms with E-state index in [9.17, 15) is 13.2 Å². The van der Waals surface area contributed by atoms with E-state index in [1.807, 2.05) is 24.0 Å². The van der Waals surface area contributed by atoms with Crippen LogP contribution in [-0.2, 0) is 6.54 Å². The molecule has 0 radical (unpaired) electrons. The molecular weight excluding hydrogens is 301 g/mol. The lowest BCUT2D eigenvalue weighted by atomic mass is 9.95. The minimum atomic E-state index is -4.08. The van der Waals surface area contributed by atoms with Gasteiger partial charge in [0.1, 0.15) is 0 Å². The van der Waals surface area contributed by atoms with E-state index < -0.39 is 12.1 Å². The Kier molecular flexibility index (Phi) is 5.38. The van der Waals surface area contributed by atoms with E-state index in [0.29, 0.717) is 24.7 Å². The summed E-state index contributed by atoms with van der Waals surface area (Å²) < 4.78 is 38.2. The molecular formula is C15H20ClF3N2. The van der Waals surface area contributed by atoms with E-state index in [1.54, 1.807) is 6.07 Å². The standard InChI is InChI=1S/C15H20ClF3N2/c1-2-20-10-11-4-3-5-13(16)14(11)21-8-6-12(7-9-21)15(17,18)19/h3-5,12,20H,2,6-10H2,1H3. The summed E-state index contributed by atoms with van der Waals surface area (Å²) in [5.74, 6) is -1.19. The molecule has 0 aliphatic carbocycles. The van der Waals surface area contributed by atoms with Gasteiger partial charge in [0.15, 0.2) is 0 Å². The van der Waals surface area contributed by atoms with Crippen LogP contribution in [0.15, 0.2) is 18.2 Å². The van der Waals surface area contributed by atoms with Gasteiger partial charge in [-0.15, -0.1) is 0 Å².